The van der Waals surface area contributed by atoms with Crippen LogP contribution in [0.15, 0.2) is 24.3 Å². The molecule has 0 nitrogen and oxygen atoms in total. The molecule has 0 amide bonds. The van der Waals surface area contributed by atoms with E-state index in [0.29, 0.717) is 0 Å². The van der Waals surface area contributed by atoms with Gasteiger partial charge in [-0.15, -0.1) is 68.0 Å². The van der Waals surface area contributed by atoms with Crippen molar-refractivity contribution in [2.24, 2.45) is 0 Å². The summed E-state index contributed by atoms with van der Waals surface area (Å²) < 4.78 is 15.0. The first-order valence-electron chi connectivity index (χ1n) is 11.4. The number of hydrogen-bond donors (Lipinski definition) is 0. The minimum Gasteiger partial charge on any atom is -0.138 e. The lowest BCUT2D eigenvalue weighted by Gasteiger charge is -1.93. The van der Waals surface area contributed by atoms with Crippen LogP contribution in [-0.4, -0.2) is 0 Å². The third-order valence-electron chi connectivity index (χ3n) is 6.30. The first kappa shape index (κ1) is 20.4. The molecule has 7 aromatic rings. The van der Waals surface area contributed by atoms with Crippen LogP contribution in [0.4, 0.5) is 0 Å². The van der Waals surface area contributed by atoms with Crippen LogP contribution in [-0.2, 0) is 12.8 Å². The highest BCUT2D eigenvalue weighted by molar-refractivity contribution is 7.42. The minimum absolute atomic E-state index is 1.23. The lowest BCUT2D eigenvalue weighted by atomic mass is 10.2. The highest BCUT2D eigenvalue weighted by Gasteiger charge is 2.19. The van der Waals surface area contributed by atoms with Gasteiger partial charge in [0.15, 0.2) is 0 Å². The standard InChI is InChI=1S/C26H22S6/c1-3-5-7-13-9-19-23(27-13)25-21(31-19)15-11-18-16(12-17(15)29-25)22-26(30-18)24-20(32-22)10-14(28-24)8-6-4-2/h9-12H,3-8H2,1-2H3. The fraction of sp³-hybridized carbons (Fsp3) is 0.308. The van der Waals surface area contributed by atoms with E-state index in [-0.39, 0.29) is 0 Å². The molecule has 0 aliphatic heterocycles. The van der Waals surface area contributed by atoms with Gasteiger partial charge in [-0.3, -0.25) is 0 Å². The molecule has 0 radical (unpaired) electrons. The van der Waals surface area contributed by atoms with E-state index < -0.39 is 0 Å². The first-order valence-corrected chi connectivity index (χ1v) is 16.3. The summed E-state index contributed by atoms with van der Waals surface area (Å²) in [5.74, 6) is 0. The van der Waals surface area contributed by atoms with Crippen molar-refractivity contribution in [3.05, 3.63) is 34.0 Å². The molecule has 0 saturated carbocycles. The van der Waals surface area contributed by atoms with Crippen LogP contribution >= 0.6 is 68.0 Å². The van der Waals surface area contributed by atoms with E-state index >= 15 is 0 Å². The van der Waals surface area contributed by atoms with E-state index in [0.717, 1.165) is 0 Å². The maximum absolute atomic E-state index is 2.50. The Morgan fingerprint density at radius 3 is 1.34 bits per heavy atom. The molecule has 6 heteroatoms. The Hall–Kier alpha value is -1.02. The zero-order valence-electron chi connectivity index (χ0n) is 18.0. The van der Waals surface area contributed by atoms with E-state index in [2.05, 4.69) is 38.1 Å². The predicted octanol–water partition coefficient (Wildman–Crippen LogP) is 11.7. The van der Waals surface area contributed by atoms with Gasteiger partial charge in [-0.25, -0.2) is 0 Å². The van der Waals surface area contributed by atoms with Crippen molar-refractivity contribution in [1.82, 2.24) is 0 Å². The molecule has 162 valence electrons. The number of benzene rings is 1. The molecule has 0 bridgehead atoms. The van der Waals surface area contributed by atoms with Crippen molar-refractivity contribution < 1.29 is 0 Å². The topological polar surface area (TPSA) is 0 Å². The Labute approximate surface area is 210 Å². The van der Waals surface area contributed by atoms with Crippen molar-refractivity contribution >= 4 is 126 Å². The summed E-state index contributed by atoms with van der Waals surface area (Å²) in [5, 5.41) is 2.95. The molecule has 0 saturated heterocycles. The second-order valence-electron chi connectivity index (χ2n) is 8.59. The van der Waals surface area contributed by atoms with Crippen LogP contribution < -0.4 is 0 Å². The van der Waals surface area contributed by atoms with E-state index in [9.17, 15) is 0 Å². The molecule has 0 aliphatic carbocycles. The van der Waals surface area contributed by atoms with Gasteiger partial charge < -0.3 is 0 Å². The summed E-state index contributed by atoms with van der Waals surface area (Å²) >= 11 is 12.1. The summed E-state index contributed by atoms with van der Waals surface area (Å²) in [7, 11) is 0. The first-order chi connectivity index (χ1) is 15.7. The Kier molecular flexibility index (Phi) is 4.93. The van der Waals surface area contributed by atoms with Crippen LogP contribution in [0.25, 0.3) is 57.8 Å². The normalized spacial score (nSPS) is 12.8. The van der Waals surface area contributed by atoms with Crippen molar-refractivity contribution in [3.8, 4) is 0 Å². The van der Waals surface area contributed by atoms with Gasteiger partial charge in [0.25, 0.3) is 0 Å². The highest BCUT2D eigenvalue weighted by atomic mass is 32.1. The Morgan fingerprint density at radius 1 is 0.469 bits per heavy atom. The van der Waals surface area contributed by atoms with Crippen LogP contribution in [0, 0.1) is 0 Å². The fourth-order valence-electron chi connectivity index (χ4n) is 4.62. The van der Waals surface area contributed by atoms with Crippen LogP contribution in [0.5, 0.6) is 0 Å². The van der Waals surface area contributed by atoms with Gasteiger partial charge in [0.1, 0.15) is 0 Å². The summed E-state index contributed by atoms with van der Waals surface area (Å²) in [6, 6.07) is 9.91. The molecule has 0 unspecified atom stereocenters. The second kappa shape index (κ2) is 7.76. The number of thiophene rings is 6. The van der Waals surface area contributed by atoms with Gasteiger partial charge in [-0.2, -0.15) is 0 Å². The molecule has 6 aromatic heterocycles. The van der Waals surface area contributed by atoms with Crippen LogP contribution in [0.3, 0.4) is 0 Å². The summed E-state index contributed by atoms with van der Waals surface area (Å²) in [6.07, 6.45) is 7.61. The summed E-state index contributed by atoms with van der Waals surface area (Å²) in [5.41, 5.74) is 0. The zero-order valence-corrected chi connectivity index (χ0v) is 22.9. The van der Waals surface area contributed by atoms with Crippen molar-refractivity contribution in [3.63, 3.8) is 0 Å². The largest absolute Gasteiger partial charge is 0.138 e. The zero-order chi connectivity index (χ0) is 21.4. The van der Waals surface area contributed by atoms with Gasteiger partial charge >= 0.3 is 0 Å². The highest BCUT2D eigenvalue weighted by Crippen LogP contribution is 2.52. The van der Waals surface area contributed by atoms with Crippen molar-refractivity contribution in [2.75, 3.05) is 0 Å². The molecule has 0 N–H and O–H groups in total. The molecule has 1 aromatic carbocycles. The van der Waals surface area contributed by atoms with E-state index in [1.165, 1.54) is 96.3 Å². The lowest BCUT2D eigenvalue weighted by molar-refractivity contribution is 0.804. The number of fused-ring (bicyclic) bond motifs is 10. The third-order valence-corrected chi connectivity index (χ3v) is 14.2. The van der Waals surface area contributed by atoms with Crippen molar-refractivity contribution in [2.45, 2.75) is 52.4 Å². The maximum atomic E-state index is 2.50. The Bertz CT molecular complexity index is 1620. The Balaban J connectivity index is 1.39. The minimum atomic E-state index is 1.23. The molecular formula is C26H22S6. The lowest BCUT2D eigenvalue weighted by Crippen LogP contribution is -1.76. The molecule has 0 fully saturated rings. The van der Waals surface area contributed by atoms with E-state index in [1.54, 1.807) is 9.75 Å². The molecule has 0 atom stereocenters. The smallest absolute Gasteiger partial charge is 0.0642 e. The van der Waals surface area contributed by atoms with Gasteiger partial charge in [0.2, 0.25) is 0 Å². The molecule has 0 aliphatic rings. The SMILES string of the molecule is CCCCc1cc2sc3c4cc5sc6c7sc(CCCC)cc7sc6c5cc4sc3c2s1. The van der Waals surface area contributed by atoms with Crippen molar-refractivity contribution in [1.29, 1.82) is 0 Å². The Morgan fingerprint density at radius 2 is 0.906 bits per heavy atom. The van der Waals surface area contributed by atoms with E-state index in [1.807, 2.05) is 68.0 Å². The molecule has 6 heterocycles. The number of aryl methyl sites for hydroxylation is 2. The number of rotatable bonds is 6. The maximum Gasteiger partial charge on any atom is 0.0642 e. The summed E-state index contributed by atoms with van der Waals surface area (Å²) in [4.78, 5) is 3.12. The van der Waals surface area contributed by atoms with Crippen LogP contribution in [0.1, 0.15) is 49.3 Å². The molecular weight excluding hydrogens is 505 g/mol. The quantitative estimate of drug-likeness (QED) is 0.202. The summed E-state index contributed by atoms with van der Waals surface area (Å²) in [6.45, 7) is 4.57. The predicted molar refractivity (Wildman–Crippen MR) is 156 cm³/mol. The molecule has 0 spiro atoms. The van der Waals surface area contributed by atoms with Gasteiger partial charge in [-0.1, -0.05) is 26.7 Å². The fourth-order valence-corrected chi connectivity index (χ4v) is 13.1. The van der Waals surface area contributed by atoms with Crippen LogP contribution in [0.2, 0.25) is 0 Å². The average molecular weight is 527 g/mol. The second-order valence-corrected chi connectivity index (χ2v) is 15.1. The number of hydrogen-bond acceptors (Lipinski definition) is 6. The molecule has 32 heavy (non-hydrogen) atoms. The van der Waals surface area contributed by atoms with E-state index in [4.69, 9.17) is 0 Å². The van der Waals surface area contributed by atoms with Gasteiger partial charge in [0.05, 0.1) is 28.2 Å². The third kappa shape index (κ3) is 3.00. The van der Waals surface area contributed by atoms with Gasteiger partial charge in [0, 0.05) is 39.3 Å². The molecule has 7 rings (SSSR count). The monoisotopic (exact) mass is 526 g/mol. The number of unbranched alkanes of at least 4 members (excludes halogenated alkanes) is 2. The van der Waals surface area contributed by atoms with Gasteiger partial charge in [-0.05, 0) is 49.9 Å². The average Bonchev–Trinajstić information content (AvgIpc) is 3.58.